The third kappa shape index (κ3) is 3.79. The highest BCUT2D eigenvalue weighted by Gasteiger charge is 2.10. The number of guanidine groups is 2. The lowest BCUT2D eigenvalue weighted by Gasteiger charge is -2.24. The first-order chi connectivity index (χ1) is 8.19. The minimum absolute atomic E-state index is 0.145. The molecule has 0 aromatic heterocycles. The molecule has 0 unspecified atom stereocenters. The molecule has 1 aromatic carbocycles. The first kappa shape index (κ1) is 13.0. The van der Waals surface area contributed by atoms with Crippen LogP contribution in [0.15, 0.2) is 30.3 Å². The van der Waals surface area contributed by atoms with Gasteiger partial charge in [0.15, 0.2) is 5.96 Å². The van der Waals surface area contributed by atoms with Gasteiger partial charge < -0.3 is 10.2 Å². The van der Waals surface area contributed by atoms with Gasteiger partial charge >= 0.3 is 0 Å². The Hall–Kier alpha value is -2.04. The summed E-state index contributed by atoms with van der Waals surface area (Å²) in [6.07, 6.45) is 0. The van der Waals surface area contributed by atoms with Gasteiger partial charge in [-0.2, -0.15) is 0 Å². The lowest BCUT2D eigenvalue weighted by molar-refractivity contribution is 0.908. The molecule has 0 bridgehead atoms. The molecule has 0 fully saturated rings. The fraction of sp³-hybridized carbons (Fsp3) is 0.333. The maximum absolute atomic E-state index is 7.93. The van der Waals surface area contributed by atoms with Gasteiger partial charge in [0.25, 0.3) is 0 Å². The summed E-state index contributed by atoms with van der Waals surface area (Å²) in [7, 11) is 0. The molecule has 5 heteroatoms. The standard InChI is InChI=1S/C12H19N5/c1-3-15-11(13)16-12(14)17(4-2)10-8-6-5-7-9-10/h5-9H,3-4H2,1-2H3,(H4,13,14,15,16). The zero-order valence-corrected chi connectivity index (χ0v) is 10.2. The normalized spacial score (nSPS) is 9.53. The number of benzene rings is 1. The van der Waals surface area contributed by atoms with Crippen LogP contribution < -0.4 is 15.5 Å². The van der Waals surface area contributed by atoms with Crippen LogP contribution in [0, 0.1) is 10.8 Å². The minimum atomic E-state index is 0.145. The second kappa shape index (κ2) is 6.52. The molecule has 0 radical (unpaired) electrons. The van der Waals surface area contributed by atoms with E-state index in [0.717, 1.165) is 5.69 Å². The van der Waals surface area contributed by atoms with Crippen LogP contribution in [0.5, 0.6) is 0 Å². The SMILES string of the molecule is CCNC(=N)NC(=N)N(CC)c1ccccc1. The fourth-order valence-electron chi connectivity index (χ4n) is 1.48. The van der Waals surface area contributed by atoms with Crippen molar-refractivity contribution in [1.29, 1.82) is 10.8 Å². The van der Waals surface area contributed by atoms with Crippen LogP contribution in [0.3, 0.4) is 0 Å². The maximum Gasteiger partial charge on any atom is 0.202 e. The van der Waals surface area contributed by atoms with Crippen molar-refractivity contribution in [2.24, 2.45) is 0 Å². The van der Waals surface area contributed by atoms with E-state index in [1.807, 2.05) is 44.2 Å². The van der Waals surface area contributed by atoms with Gasteiger partial charge in [0.05, 0.1) is 0 Å². The number of anilines is 1. The van der Waals surface area contributed by atoms with E-state index in [-0.39, 0.29) is 11.9 Å². The second-order valence-electron chi connectivity index (χ2n) is 3.46. The topological polar surface area (TPSA) is 75.0 Å². The van der Waals surface area contributed by atoms with Crippen molar-refractivity contribution in [3.05, 3.63) is 30.3 Å². The Morgan fingerprint density at radius 3 is 2.35 bits per heavy atom. The molecule has 4 N–H and O–H groups in total. The Labute approximate surface area is 102 Å². The van der Waals surface area contributed by atoms with Crippen molar-refractivity contribution in [1.82, 2.24) is 10.6 Å². The molecular weight excluding hydrogens is 214 g/mol. The molecular formula is C12H19N5. The molecule has 1 rings (SSSR count). The molecule has 0 saturated carbocycles. The lowest BCUT2D eigenvalue weighted by atomic mass is 10.3. The van der Waals surface area contributed by atoms with Crippen LogP contribution in [-0.4, -0.2) is 25.0 Å². The van der Waals surface area contributed by atoms with E-state index in [9.17, 15) is 0 Å². The number of nitrogens with one attached hydrogen (secondary N) is 4. The highest BCUT2D eigenvalue weighted by atomic mass is 15.3. The predicted octanol–water partition coefficient (Wildman–Crippen LogP) is 1.58. The van der Waals surface area contributed by atoms with E-state index >= 15 is 0 Å². The van der Waals surface area contributed by atoms with Crippen molar-refractivity contribution in [3.63, 3.8) is 0 Å². The summed E-state index contributed by atoms with van der Waals surface area (Å²) in [6.45, 7) is 5.22. The van der Waals surface area contributed by atoms with Gasteiger partial charge in [-0.3, -0.25) is 16.1 Å². The summed E-state index contributed by atoms with van der Waals surface area (Å²) in [5.74, 6) is 0.344. The Bertz CT molecular complexity index is 374. The maximum atomic E-state index is 7.93. The number of nitrogens with zero attached hydrogens (tertiary/aromatic N) is 1. The van der Waals surface area contributed by atoms with Gasteiger partial charge in [-0.1, -0.05) is 18.2 Å². The highest BCUT2D eigenvalue weighted by Crippen LogP contribution is 2.12. The summed E-state index contributed by atoms with van der Waals surface area (Å²) in [6, 6.07) is 9.68. The van der Waals surface area contributed by atoms with Crippen molar-refractivity contribution in [2.45, 2.75) is 13.8 Å². The average molecular weight is 233 g/mol. The summed E-state index contributed by atoms with van der Waals surface area (Å²) in [4.78, 5) is 1.80. The number of para-hydroxylation sites is 1. The van der Waals surface area contributed by atoms with Crippen molar-refractivity contribution in [2.75, 3.05) is 18.0 Å². The average Bonchev–Trinajstić information content (AvgIpc) is 2.31. The Balaban J connectivity index is 2.68. The molecule has 0 aliphatic rings. The Morgan fingerprint density at radius 1 is 1.18 bits per heavy atom. The molecule has 0 heterocycles. The first-order valence-electron chi connectivity index (χ1n) is 5.69. The quantitative estimate of drug-likeness (QED) is 0.473. The fourth-order valence-corrected chi connectivity index (χ4v) is 1.48. The first-order valence-corrected chi connectivity index (χ1v) is 5.69. The molecule has 0 saturated heterocycles. The monoisotopic (exact) mass is 233 g/mol. The van der Waals surface area contributed by atoms with E-state index in [1.165, 1.54) is 0 Å². The molecule has 0 atom stereocenters. The largest absolute Gasteiger partial charge is 0.357 e. The molecule has 0 aliphatic heterocycles. The van der Waals surface area contributed by atoms with E-state index in [0.29, 0.717) is 13.1 Å². The van der Waals surface area contributed by atoms with Crippen molar-refractivity contribution < 1.29 is 0 Å². The van der Waals surface area contributed by atoms with Crippen LogP contribution in [0.4, 0.5) is 5.69 Å². The van der Waals surface area contributed by atoms with Gasteiger partial charge in [-0.05, 0) is 26.0 Å². The summed E-state index contributed by atoms with van der Waals surface area (Å²) < 4.78 is 0. The van der Waals surface area contributed by atoms with Gasteiger partial charge in [-0.15, -0.1) is 0 Å². The smallest absolute Gasteiger partial charge is 0.202 e. The van der Waals surface area contributed by atoms with Crippen LogP contribution in [0.25, 0.3) is 0 Å². The number of hydrogen-bond donors (Lipinski definition) is 4. The highest BCUT2D eigenvalue weighted by molar-refractivity contribution is 6.04. The molecule has 0 amide bonds. The van der Waals surface area contributed by atoms with Crippen molar-refractivity contribution >= 4 is 17.6 Å². The second-order valence-corrected chi connectivity index (χ2v) is 3.46. The van der Waals surface area contributed by atoms with Gasteiger partial charge in [0.1, 0.15) is 0 Å². The lowest BCUT2D eigenvalue weighted by Crippen LogP contribution is -2.48. The number of rotatable bonds is 3. The predicted molar refractivity (Wildman–Crippen MR) is 71.7 cm³/mol. The van der Waals surface area contributed by atoms with Gasteiger partial charge in [0, 0.05) is 18.8 Å². The van der Waals surface area contributed by atoms with Gasteiger partial charge in [0.2, 0.25) is 5.96 Å². The molecule has 0 spiro atoms. The molecule has 5 nitrogen and oxygen atoms in total. The molecule has 17 heavy (non-hydrogen) atoms. The molecule has 1 aromatic rings. The third-order valence-corrected chi connectivity index (χ3v) is 2.25. The van der Waals surface area contributed by atoms with Gasteiger partial charge in [-0.25, -0.2) is 0 Å². The Kier molecular flexibility index (Phi) is 5.00. The van der Waals surface area contributed by atoms with E-state index in [4.69, 9.17) is 10.8 Å². The van der Waals surface area contributed by atoms with E-state index in [2.05, 4.69) is 10.6 Å². The van der Waals surface area contributed by atoms with Crippen LogP contribution in [-0.2, 0) is 0 Å². The van der Waals surface area contributed by atoms with Crippen LogP contribution >= 0.6 is 0 Å². The molecule has 92 valence electrons. The third-order valence-electron chi connectivity index (χ3n) is 2.25. The van der Waals surface area contributed by atoms with E-state index < -0.39 is 0 Å². The summed E-state index contributed by atoms with van der Waals surface area (Å²) >= 11 is 0. The van der Waals surface area contributed by atoms with Crippen LogP contribution in [0.1, 0.15) is 13.8 Å². The Morgan fingerprint density at radius 2 is 1.82 bits per heavy atom. The zero-order chi connectivity index (χ0) is 12.7. The zero-order valence-electron chi connectivity index (χ0n) is 10.2. The van der Waals surface area contributed by atoms with Crippen molar-refractivity contribution in [3.8, 4) is 0 Å². The minimum Gasteiger partial charge on any atom is -0.357 e. The number of hydrogen-bond acceptors (Lipinski definition) is 2. The van der Waals surface area contributed by atoms with Crippen LogP contribution in [0.2, 0.25) is 0 Å². The summed E-state index contributed by atoms with van der Waals surface area (Å²) in [5.41, 5.74) is 0.941. The van der Waals surface area contributed by atoms with E-state index in [1.54, 1.807) is 4.90 Å². The molecule has 0 aliphatic carbocycles. The summed E-state index contributed by atoms with van der Waals surface area (Å²) in [5, 5.41) is 21.0.